The lowest BCUT2D eigenvalue weighted by atomic mass is 10.0. The zero-order valence-electron chi connectivity index (χ0n) is 12.6. The first-order valence-electron chi connectivity index (χ1n) is 6.60. The van der Waals surface area contributed by atoms with Crippen molar-refractivity contribution in [2.75, 3.05) is 20.8 Å². The third kappa shape index (κ3) is 4.46. The number of benzene rings is 1. The van der Waals surface area contributed by atoms with Gasteiger partial charge in [-0.2, -0.15) is 0 Å². The van der Waals surface area contributed by atoms with Gasteiger partial charge in [0.15, 0.2) is 17.3 Å². The molecule has 0 saturated carbocycles. The Hall–Kier alpha value is -2.08. The molecule has 0 bridgehead atoms. The van der Waals surface area contributed by atoms with E-state index in [1.165, 1.54) is 14.2 Å². The van der Waals surface area contributed by atoms with E-state index in [1.807, 2.05) is 0 Å². The third-order valence-electron chi connectivity index (χ3n) is 3.11. The molecule has 0 aliphatic rings. The predicted octanol–water partition coefficient (Wildman–Crippen LogP) is 0.251. The van der Waals surface area contributed by atoms with Crippen molar-refractivity contribution in [3.8, 4) is 11.5 Å². The lowest BCUT2D eigenvalue weighted by Crippen LogP contribution is -2.50. The summed E-state index contributed by atoms with van der Waals surface area (Å²) >= 11 is 0. The Balaban J connectivity index is 2.78. The van der Waals surface area contributed by atoms with Crippen LogP contribution in [0.5, 0.6) is 11.5 Å². The molecule has 1 unspecified atom stereocenters. The molecule has 0 saturated heterocycles. The van der Waals surface area contributed by atoms with Crippen LogP contribution in [0.15, 0.2) is 18.2 Å². The first-order valence-corrected chi connectivity index (χ1v) is 6.60. The average Bonchev–Trinajstić information content (AvgIpc) is 2.45. The minimum absolute atomic E-state index is 0.0910. The van der Waals surface area contributed by atoms with E-state index in [9.17, 15) is 14.7 Å². The summed E-state index contributed by atoms with van der Waals surface area (Å²) < 4.78 is 10.2. The normalized spacial score (nSPS) is 12.0. The molecule has 6 heteroatoms. The summed E-state index contributed by atoms with van der Waals surface area (Å²) in [6.45, 7) is 3.40. The summed E-state index contributed by atoms with van der Waals surface area (Å²) in [5.74, 6) is -0.651. The fourth-order valence-corrected chi connectivity index (χ4v) is 1.91. The van der Waals surface area contributed by atoms with E-state index >= 15 is 0 Å². The zero-order chi connectivity index (χ0) is 16.0. The first-order chi connectivity index (χ1) is 9.90. The largest absolute Gasteiger partial charge is 0.548 e. The van der Waals surface area contributed by atoms with Crippen molar-refractivity contribution in [2.45, 2.75) is 19.9 Å². The van der Waals surface area contributed by atoms with Crippen molar-refractivity contribution >= 4 is 11.8 Å². The summed E-state index contributed by atoms with van der Waals surface area (Å²) in [6.07, 6.45) is 0. The van der Waals surface area contributed by atoms with Crippen LogP contribution in [0.4, 0.5) is 0 Å². The number of ether oxygens (including phenoxy) is 2. The fraction of sp³-hybridized carbons (Fsp3) is 0.467. The fourth-order valence-electron chi connectivity index (χ4n) is 1.91. The lowest BCUT2D eigenvalue weighted by Gasteiger charge is -2.22. The number of Topliss-reactive ketones (excluding diaryl/α,β-unsaturated/α-hetero) is 1. The highest BCUT2D eigenvalue weighted by molar-refractivity contribution is 5.98. The highest BCUT2D eigenvalue weighted by Gasteiger charge is 2.17. The van der Waals surface area contributed by atoms with Gasteiger partial charge in [-0.25, -0.2) is 0 Å². The molecule has 0 fully saturated rings. The molecule has 0 radical (unpaired) electrons. The first kappa shape index (κ1) is 17.0. The van der Waals surface area contributed by atoms with Crippen LogP contribution in [-0.2, 0) is 4.79 Å². The SMILES string of the molecule is COc1ccc(C(=O)CNC(C(=O)[O-])C(C)C)cc1OC. The van der Waals surface area contributed by atoms with Gasteiger partial charge in [-0.05, 0) is 24.1 Å². The summed E-state index contributed by atoms with van der Waals surface area (Å²) in [4.78, 5) is 23.0. The minimum atomic E-state index is -1.22. The topological polar surface area (TPSA) is 87.7 Å². The van der Waals surface area contributed by atoms with E-state index in [4.69, 9.17) is 9.47 Å². The van der Waals surface area contributed by atoms with Crippen LogP contribution in [-0.4, -0.2) is 38.6 Å². The molecule has 0 aliphatic heterocycles. The van der Waals surface area contributed by atoms with Gasteiger partial charge in [0.1, 0.15) is 0 Å². The number of ketones is 1. The number of carboxylic acids is 1. The standard InChI is InChI=1S/C15H21NO5/c1-9(2)14(15(18)19)16-8-11(17)10-5-6-12(20-3)13(7-10)21-4/h5-7,9,14,16H,8H2,1-4H3,(H,18,19)/p-1. The molecule has 1 N–H and O–H groups in total. The molecule has 116 valence electrons. The van der Waals surface area contributed by atoms with Gasteiger partial charge in [0.25, 0.3) is 0 Å². The van der Waals surface area contributed by atoms with Crippen LogP contribution >= 0.6 is 0 Å². The van der Waals surface area contributed by atoms with Gasteiger partial charge in [0, 0.05) is 11.6 Å². The number of hydrogen-bond donors (Lipinski definition) is 1. The predicted molar refractivity (Wildman–Crippen MR) is 75.5 cm³/mol. The number of rotatable bonds is 8. The quantitative estimate of drug-likeness (QED) is 0.692. The number of aliphatic carboxylic acids is 1. The Morgan fingerprint density at radius 2 is 1.81 bits per heavy atom. The second-order valence-electron chi connectivity index (χ2n) is 4.91. The Labute approximate surface area is 124 Å². The number of carbonyl (C=O) groups is 2. The molecular formula is C15H20NO5-. The summed E-state index contributed by atoms with van der Waals surface area (Å²) in [7, 11) is 2.99. The van der Waals surface area contributed by atoms with Crippen molar-refractivity contribution in [1.29, 1.82) is 0 Å². The van der Waals surface area contributed by atoms with Gasteiger partial charge in [-0.1, -0.05) is 13.8 Å². The molecule has 0 aliphatic carbocycles. The number of methoxy groups -OCH3 is 2. The Kier molecular flexibility index (Phi) is 6.17. The maximum atomic E-state index is 12.1. The molecule has 0 aromatic heterocycles. The summed E-state index contributed by atoms with van der Waals surface area (Å²) in [5, 5.41) is 13.7. The molecule has 21 heavy (non-hydrogen) atoms. The molecular weight excluding hydrogens is 274 g/mol. The maximum absolute atomic E-state index is 12.1. The van der Waals surface area contributed by atoms with Crippen LogP contribution in [0, 0.1) is 5.92 Å². The van der Waals surface area contributed by atoms with Gasteiger partial charge in [-0.15, -0.1) is 0 Å². The van der Waals surface area contributed by atoms with Gasteiger partial charge in [0.2, 0.25) is 0 Å². The van der Waals surface area contributed by atoms with E-state index in [2.05, 4.69) is 5.32 Å². The molecule has 1 atom stereocenters. The van der Waals surface area contributed by atoms with Crippen LogP contribution < -0.4 is 19.9 Å². The molecule has 1 aromatic carbocycles. The monoisotopic (exact) mass is 294 g/mol. The molecule has 1 aromatic rings. The van der Waals surface area contributed by atoms with Crippen molar-refractivity contribution in [2.24, 2.45) is 5.92 Å². The third-order valence-corrected chi connectivity index (χ3v) is 3.11. The maximum Gasteiger partial charge on any atom is 0.176 e. The van der Waals surface area contributed by atoms with Crippen molar-refractivity contribution < 1.29 is 24.2 Å². The van der Waals surface area contributed by atoms with Crippen molar-refractivity contribution in [3.63, 3.8) is 0 Å². The van der Waals surface area contributed by atoms with Crippen LogP contribution in [0.3, 0.4) is 0 Å². The Bertz CT molecular complexity index is 513. The van der Waals surface area contributed by atoms with E-state index in [0.717, 1.165) is 0 Å². The highest BCUT2D eigenvalue weighted by atomic mass is 16.5. The van der Waals surface area contributed by atoms with Gasteiger partial charge in [0.05, 0.1) is 26.7 Å². The van der Waals surface area contributed by atoms with Gasteiger partial charge < -0.3 is 24.7 Å². The van der Waals surface area contributed by atoms with E-state index in [-0.39, 0.29) is 18.2 Å². The number of carbonyl (C=O) groups excluding carboxylic acids is 2. The van der Waals surface area contributed by atoms with Gasteiger partial charge >= 0.3 is 0 Å². The van der Waals surface area contributed by atoms with E-state index < -0.39 is 12.0 Å². The lowest BCUT2D eigenvalue weighted by molar-refractivity contribution is -0.309. The summed E-state index contributed by atoms with van der Waals surface area (Å²) in [6, 6.07) is 3.93. The minimum Gasteiger partial charge on any atom is -0.548 e. The molecule has 1 rings (SSSR count). The van der Waals surface area contributed by atoms with Crippen LogP contribution in [0.1, 0.15) is 24.2 Å². The smallest absolute Gasteiger partial charge is 0.176 e. The Morgan fingerprint density at radius 3 is 2.29 bits per heavy atom. The van der Waals surface area contributed by atoms with Crippen molar-refractivity contribution in [3.05, 3.63) is 23.8 Å². The number of hydrogen-bond acceptors (Lipinski definition) is 6. The second kappa shape index (κ2) is 7.64. The zero-order valence-corrected chi connectivity index (χ0v) is 12.6. The Morgan fingerprint density at radius 1 is 1.19 bits per heavy atom. The van der Waals surface area contributed by atoms with Crippen LogP contribution in [0.2, 0.25) is 0 Å². The summed E-state index contributed by atoms with van der Waals surface area (Å²) in [5.41, 5.74) is 0.418. The van der Waals surface area contributed by atoms with E-state index in [1.54, 1.807) is 32.0 Å². The molecule has 6 nitrogen and oxygen atoms in total. The second-order valence-corrected chi connectivity index (χ2v) is 4.91. The molecule has 0 heterocycles. The van der Waals surface area contributed by atoms with Crippen LogP contribution in [0.25, 0.3) is 0 Å². The number of nitrogens with one attached hydrogen (secondary N) is 1. The molecule has 0 spiro atoms. The van der Waals surface area contributed by atoms with Crippen molar-refractivity contribution in [1.82, 2.24) is 5.32 Å². The average molecular weight is 294 g/mol. The van der Waals surface area contributed by atoms with E-state index in [0.29, 0.717) is 17.1 Å². The molecule has 0 amide bonds. The number of carboxylic acid groups (broad SMARTS) is 1. The van der Waals surface area contributed by atoms with Gasteiger partial charge in [-0.3, -0.25) is 4.79 Å². The highest BCUT2D eigenvalue weighted by Crippen LogP contribution is 2.27.